The summed E-state index contributed by atoms with van der Waals surface area (Å²) in [6.45, 7) is 3.37. The first-order valence-electron chi connectivity index (χ1n) is 7.24. The number of carbonyl (C=O) groups excluding carboxylic acids is 1. The number of nitrogens with one attached hydrogen (secondary N) is 1. The summed E-state index contributed by atoms with van der Waals surface area (Å²) in [6.07, 6.45) is 1.06. The van der Waals surface area contributed by atoms with Crippen LogP contribution in [0.2, 0.25) is 0 Å². The molecule has 0 spiro atoms. The average Bonchev–Trinajstić information content (AvgIpc) is 2.86. The largest absolute Gasteiger partial charge is 0.481 e. The van der Waals surface area contributed by atoms with Gasteiger partial charge in [0.05, 0.1) is 29.4 Å². The molecule has 1 amide bonds. The fourth-order valence-electron chi connectivity index (χ4n) is 3.21. The van der Waals surface area contributed by atoms with Crippen molar-refractivity contribution in [3.63, 3.8) is 0 Å². The molecule has 2 N–H and O–H groups in total. The van der Waals surface area contributed by atoms with Crippen LogP contribution < -0.4 is 5.32 Å². The standard InChI is InChI=1S/C13H22N2O5S/c1-2-13(3-4-14-9-13)12(18)15-5-6-21(19,20)8-10(15)7-11(16)17/h10,14H,2-9H2,1H3,(H,16,17). The predicted molar refractivity (Wildman–Crippen MR) is 76.6 cm³/mol. The molecule has 21 heavy (non-hydrogen) atoms. The average molecular weight is 318 g/mol. The van der Waals surface area contributed by atoms with Crippen molar-refractivity contribution in [3.05, 3.63) is 0 Å². The topological polar surface area (TPSA) is 104 Å². The highest BCUT2D eigenvalue weighted by atomic mass is 32.2. The summed E-state index contributed by atoms with van der Waals surface area (Å²) in [5.74, 6) is -1.51. The summed E-state index contributed by atoms with van der Waals surface area (Å²) in [5.41, 5.74) is -0.516. The third kappa shape index (κ3) is 3.37. The second kappa shape index (κ2) is 5.92. The van der Waals surface area contributed by atoms with E-state index in [4.69, 9.17) is 5.11 Å². The Morgan fingerprint density at radius 1 is 1.43 bits per heavy atom. The Morgan fingerprint density at radius 2 is 2.14 bits per heavy atom. The third-order valence-electron chi connectivity index (χ3n) is 4.58. The first-order chi connectivity index (χ1) is 9.80. The summed E-state index contributed by atoms with van der Waals surface area (Å²) in [4.78, 5) is 25.3. The van der Waals surface area contributed by atoms with Crippen LogP contribution in [0.3, 0.4) is 0 Å². The summed E-state index contributed by atoms with van der Waals surface area (Å²) in [7, 11) is -3.27. The molecular weight excluding hydrogens is 296 g/mol. The van der Waals surface area contributed by atoms with E-state index in [1.807, 2.05) is 6.92 Å². The molecule has 2 heterocycles. The normalized spacial score (nSPS) is 32.0. The van der Waals surface area contributed by atoms with Gasteiger partial charge in [0, 0.05) is 13.1 Å². The van der Waals surface area contributed by atoms with Gasteiger partial charge in [-0.05, 0) is 19.4 Å². The van der Waals surface area contributed by atoms with Crippen LogP contribution >= 0.6 is 0 Å². The van der Waals surface area contributed by atoms with Gasteiger partial charge in [0.2, 0.25) is 5.91 Å². The molecule has 0 saturated carbocycles. The van der Waals surface area contributed by atoms with Crippen LogP contribution in [-0.4, -0.2) is 67.5 Å². The van der Waals surface area contributed by atoms with Crippen molar-refractivity contribution in [2.24, 2.45) is 5.41 Å². The highest BCUT2D eigenvalue weighted by molar-refractivity contribution is 7.91. The van der Waals surface area contributed by atoms with E-state index in [0.29, 0.717) is 19.4 Å². The zero-order valence-electron chi connectivity index (χ0n) is 12.2. The lowest BCUT2D eigenvalue weighted by atomic mass is 9.82. The minimum Gasteiger partial charge on any atom is -0.481 e. The molecule has 8 heteroatoms. The Hall–Kier alpha value is -1.15. The second-order valence-corrected chi connectivity index (χ2v) is 8.15. The molecule has 2 saturated heterocycles. The maximum Gasteiger partial charge on any atom is 0.305 e. The van der Waals surface area contributed by atoms with Crippen LogP contribution in [0.1, 0.15) is 26.2 Å². The molecule has 0 bridgehead atoms. The molecule has 120 valence electrons. The van der Waals surface area contributed by atoms with Gasteiger partial charge in [-0.1, -0.05) is 6.92 Å². The number of carboxylic acids is 1. The number of amides is 1. The van der Waals surface area contributed by atoms with Crippen LogP contribution in [0.25, 0.3) is 0 Å². The molecule has 2 unspecified atom stereocenters. The molecular formula is C13H22N2O5S. The van der Waals surface area contributed by atoms with E-state index in [0.717, 1.165) is 6.54 Å². The van der Waals surface area contributed by atoms with E-state index in [9.17, 15) is 18.0 Å². The maximum atomic E-state index is 12.9. The smallest absolute Gasteiger partial charge is 0.305 e. The predicted octanol–water partition coefficient (Wildman–Crippen LogP) is -0.524. The number of hydrogen-bond acceptors (Lipinski definition) is 5. The number of hydrogen-bond donors (Lipinski definition) is 2. The highest BCUT2D eigenvalue weighted by Gasteiger charge is 2.46. The van der Waals surface area contributed by atoms with E-state index in [1.54, 1.807) is 0 Å². The summed E-state index contributed by atoms with van der Waals surface area (Å²) in [5, 5.41) is 12.2. The summed E-state index contributed by atoms with van der Waals surface area (Å²) >= 11 is 0. The molecule has 2 atom stereocenters. The molecule has 0 aromatic carbocycles. The van der Waals surface area contributed by atoms with Crippen LogP contribution in [-0.2, 0) is 19.4 Å². The Labute approximate surface area is 124 Å². The number of rotatable bonds is 4. The number of carbonyl (C=O) groups is 2. The minimum absolute atomic E-state index is 0.0813. The van der Waals surface area contributed by atoms with Crippen molar-refractivity contribution < 1.29 is 23.1 Å². The Kier molecular flexibility index (Phi) is 4.57. The molecule has 0 radical (unpaired) electrons. The van der Waals surface area contributed by atoms with Gasteiger partial charge < -0.3 is 15.3 Å². The lowest BCUT2D eigenvalue weighted by molar-refractivity contribution is -0.146. The lowest BCUT2D eigenvalue weighted by Crippen LogP contribution is -2.56. The first-order valence-corrected chi connectivity index (χ1v) is 9.06. The number of nitrogens with zero attached hydrogens (tertiary/aromatic N) is 1. The Balaban J connectivity index is 2.22. The van der Waals surface area contributed by atoms with Gasteiger partial charge in [-0.25, -0.2) is 8.42 Å². The molecule has 2 fully saturated rings. The fraction of sp³-hybridized carbons (Fsp3) is 0.846. The zero-order chi connectivity index (χ0) is 15.7. The lowest BCUT2D eigenvalue weighted by Gasteiger charge is -2.40. The molecule has 2 aliphatic heterocycles. The SMILES string of the molecule is CCC1(C(=O)N2CCS(=O)(=O)CC2CC(=O)O)CCNC1. The minimum atomic E-state index is -3.27. The van der Waals surface area contributed by atoms with Crippen LogP contribution in [0, 0.1) is 5.41 Å². The first kappa shape index (κ1) is 16.2. The van der Waals surface area contributed by atoms with Crippen LogP contribution in [0.15, 0.2) is 0 Å². The van der Waals surface area contributed by atoms with Gasteiger partial charge in [0.15, 0.2) is 9.84 Å². The van der Waals surface area contributed by atoms with Gasteiger partial charge >= 0.3 is 5.97 Å². The highest BCUT2D eigenvalue weighted by Crippen LogP contribution is 2.33. The van der Waals surface area contributed by atoms with Crippen LogP contribution in [0.4, 0.5) is 0 Å². The van der Waals surface area contributed by atoms with Gasteiger partial charge in [0.1, 0.15) is 0 Å². The maximum absolute atomic E-state index is 12.9. The summed E-state index contributed by atoms with van der Waals surface area (Å²) in [6, 6.07) is -0.752. The van der Waals surface area contributed by atoms with Gasteiger partial charge in [-0.2, -0.15) is 0 Å². The number of aliphatic carboxylic acids is 1. The van der Waals surface area contributed by atoms with Crippen LogP contribution in [0.5, 0.6) is 0 Å². The van der Waals surface area contributed by atoms with Gasteiger partial charge in [-0.15, -0.1) is 0 Å². The van der Waals surface area contributed by atoms with Crippen molar-refractivity contribution in [1.82, 2.24) is 10.2 Å². The Bertz CT molecular complexity index is 525. The zero-order valence-corrected chi connectivity index (χ0v) is 13.0. The van der Waals surface area contributed by atoms with Gasteiger partial charge in [0.25, 0.3) is 0 Å². The molecule has 0 aromatic rings. The molecule has 7 nitrogen and oxygen atoms in total. The van der Waals surface area contributed by atoms with Gasteiger partial charge in [-0.3, -0.25) is 9.59 Å². The van der Waals surface area contributed by atoms with E-state index < -0.39 is 27.3 Å². The molecule has 2 rings (SSSR count). The third-order valence-corrected chi connectivity index (χ3v) is 6.27. The molecule has 2 aliphatic rings. The Morgan fingerprint density at radius 3 is 2.67 bits per heavy atom. The van der Waals surface area contributed by atoms with Crippen molar-refractivity contribution in [3.8, 4) is 0 Å². The van der Waals surface area contributed by atoms with E-state index in [-0.39, 0.29) is 30.4 Å². The molecule has 0 aliphatic carbocycles. The molecule has 0 aromatic heterocycles. The van der Waals surface area contributed by atoms with Crippen molar-refractivity contribution in [2.45, 2.75) is 32.2 Å². The monoisotopic (exact) mass is 318 g/mol. The van der Waals surface area contributed by atoms with E-state index in [2.05, 4.69) is 5.32 Å². The second-order valence-electron chi connectivity index (χ2n) is 5.93. The number of sulfone groups is 1. The quantitative estimate of drug-likeness (QED) is 0.722. The van der Waals surface area contributed by atoms with Crippen molar-refractivity contribution >= 4 is 21.7 Å². The fourth-order valence-corrected chi connectivity index (χ4v) is 4.73. The van der Waals surface area contributed by atoms with Crippen molar-refractivity contribution in [1.29, 1.82) is 0 Å². The van der Waals surface area contributed by atoms with E-state index in [1.165, 1.54) is 4.90 Å². The van der Waals surface area contributed by atoms with E-state index >= 15 is 0 Å². The number of carboxylic acid groups (broad SMARTS) is 1. The summed E-state index contributed by atoms with van der Waals surface area (Å²) < 4.78 is 23.5. The van der Waals surface area contributed by atoms with Crippen molar-refractivity contribution in [2.75, 3.05) is 31.1 Å².